The average Bonchev–Trinajstić information content (AvgIpc) is 2.81. The van der Waals surface area contributed by atoms with Gasteiger partial charge in [0.25, 0.3) is 0 Å². The molecule has 2 rings (SSSR count). The Morgan fingerprint density at radius 1 is 1.39 bits per heavy atom. The number of pyridine rings is 1. The van der Waals surface area contributed by atoms with E-state index in [4.69, 9.17) is 0 Å². The molecule has 96 valence electrons. The van der Waals surface area contributed by atoms with Crippen LogP contribution in [0.1, 0.15) is 5.82 Å². The number of sulfone groups is 1. The third-order valence-electron chi connectivity index (χ3n) is 2.29. The topological polar surface area (TPSA) is 101 Å². The summed E-state index contributed by atoms with van der Waals surface area (Å²) < 4.78 is 23.1. The molecule has 0 aliphatic heterocycles. The van der Waals surface area contributed by atoms with Gasteiger partial charge < -0.3 is 5.32 Å². The molecule has 7 nitrogen and oxygen atoms in total. The number of aromatic amines is 1. The Hall–Kier alpha value is -1.96. The highest BCUT2D eigenvalue weighted by Gasteiger charge is 2.13. The minimum Gasteiger partial charge on any atom is -0.369 e. The lowest BCUT2D eigenvalue weighted by molar-refractivity contribution is 0.601. The molecule has 0 bridgehead atoms. The van der Waals surface area contributed by atoms with Crippen molar-refractivity contribution in [2.45, 2.75) is 11.3 Å². The molecule has 8 heteroatoms. The molecule has 0 saturated heterocycles. The molecule has 2 heterocycles. The first kappa shape index (κ1) is 12.5. The molecule has 2 aromatic rings. The van der Waals surface area contributed by atoms with Crippen LogP contribution in [0.15, 0.2) is 29.6 Å². The summed E-state index contributed by atoms with van der Waals surface area (Å²) in [5.74, 6) is 1.10. The van der Waals surface area contributed by atoms with Crippen LogP contribution >= 0.6 is 0 Å². The number of nitrogens with zero attached hydrogens (tertiary/aromatic N) is 3. The van der Waals surface area contributed by atoms with Gasteiger partial charge in [0.15, 0.2) is 9.84 Å². The van der Waals surface area contributed by atoms with Gasteiger partial charge in [-0.2, -0.15) is 5.10 Å². The van der Waals surface area contributed by atoms with Gasteiger partial charge in [0, 0.05) is 25.4 Å². The van der Waals surface area contributed by atoms with E-state index in [2.05, 4.69) is 25.5 Å². The van der Waals surface area contributed by atoms with E-state index < -0.39 is 9.84 Å². The summed E-state index contributed by atoms with van der Waals surface area (Å²) in [6.45, 7) is 0.523. The summed E-state index contributed by atoms with van der Waals surface area (Å²) in [6.07, 6.45) is 4.74. The van der Waals surface area contributed by atoms with Gasteiger partial charge in [0.1, 0.15) is 22.9 Å². The van der Waals surface area contributed by atoms with Gasteiger partial charge in [-0.3, -0.25) is 5.10 Å². The number of nitrogens with one attached hydrogen (secondary N) is 2. The normalized spacial score (nSPS) is 11.4. The van der Waals surface area contributed by atoms with Gasteiger partial charge in [-0.15, -0.1) is 0 Å². The number of hydrogen-bond donors (Lipinski definition) is 2. The molecule has 0 amide bonds. The second-order valence-corrected chi connectivity index (χ2v) is 5.72. The molecule has 0 spiro atoms. The minimum absolute atomic E-state index is 0.197. The van der Waals surface area contributed by atoms with Crippen LogP contribution in [0.25, 0.3) is 0 Å². The van der Waals surface area contributed by atoms with Crippen molar-refractivity contribution in [2.75, 3.05) is 18.1 Å². The number of rotatable bonds is 5. The first-order valence-electron chi connectivity index (χ1n) is 5.30. The number of H-pyrrole nitrogens is 1. The van der Waals surface area contributed by atoms with E-state index in [0.717, 1.165) is 12.1 Å². The molecule has 0 fully saturated rings. The SMILES string of the molecule is CS(=O)(=O)c1cccnc1NCCc1ncn[nH]1. The zero-order chi connectivity index (χ0) is 13.0. The predicted octanol–water partition coefficient (Wildman–Crippen LogP) is 0.258. The van der Waals surface area contributed by atoms with Gasteiger partial charge in [-0.1, -0.05) is 0 Å². The molecule has 0 radical (unpaired) electrons. The van der Waals surface area contributed by atoms with Crippen LogP contribution in [-0.4, -0.2) is 41.4 Å². The highest BCUT2D eigenvalue weighted by Crippen LogP contribution is 2.17. The zero-order valence-corrected chi connectivity index (χ0v) is 10.6. The monoisotopic (exact) mass is 267 g/mol. The Morgan fingerprint density at radius 2 is 2.22 bits per heavy atom. The number of anilines is 1. The summed E-state index contributed by atoms with van der Waals surface area (Å²) >= 11 is 0. The third kappa shape index (κ3) is 3.04. The van der Waals surface area contributed by atoms with Crippen molar-refractivity contribution >= 4 is 15.7 Å². The van der Waals surface area contributed by atoms with Crippen molar-refractivity contribution in [3.05, 3.63) is 30.5 Å². The summed E-state index contributed by atoms with van der Waals surface area (Å²) in [5.41, 5.74) is 0. The Kier molecular flexibility index (Phi) is 3.56. The molecule has 18 heavy (non-hydrogen) atoms. The second kappa shape index (κ2) is 5.13. The van der Waals surface area contributed by atoms with Crippen LogP contribution < -0.4 is 5.32 Å². The maximum Gasteiger partial charge on any atom is 0.179 e. The van der Waals surface area contributed by atoms with Crippen LogP contribution in [0, 0.1) is 0 Å². The molecule has 0 atom stereocenters. The molecule has 0 unspecified atom stereocenters. The van der Waals surface area contributed by atoms with Crippen LogP contribution in [-0.2, 0) is 16.3 Å². The van der Waals surface area contributed by atoms with Gasteiger partial charge >= 0.3 is 0 Å². The van der Waals surface area contributed by atoms with E-state index in [1.165, 1.54) is 12.4 Å². The fourth-order valence-corrected chi connectivity index (χ4v) is 2.27. The van der Waals surface area contributed by atoms with E-state index in [0.29, 0.717) is 18.8 Å². The molecule has 2 N–H and O–H groups in total. The summed E-state index contributed by atoms with van der Waals surface area (Å²) in [5, 5.41) is 9.44. The van der Waals surface area contributed by atoms with E-state index in [1.807, 2.05) is 0 Å². The molecule has 0 aliphatic rings. The van der Waals surface area contributed by atoms with E-state index in [9.17, 15) is 8.42 Å². The lowest BCUT2D eigenvalue weighted by atomic mass is 10.4. The zero-order valence-electron chi connectivity index (χ0n) is 9.79. The van der Waals surface area contributed by atoms with Crippen LogP contribution in [0.3, 0.4) is 0 Å². The fourth-order valence-electron chi connectivity index (χ4n) is 1.47. The predicted molar refractivity (Wildman–Crippen MR) is 65.9 cm³/mol. The highest BCUT2D eigenvalue weighted by atomic mass is 32.2. The smallest absolute Gasteiger partial charge is 0.179 e. The Morgan fingerprint density at radius 3 is 2.89 bits per heavy atom. The third-order valence-corrected chi connectivity index (χ3v) is 3.42. The summed E-state index contributed by atoms with van der Waals surface area (Å²) in [4.78, 5) is 8.20. The maximum absolute atomic E-state index is 11.5. The van der Waals surface area contributed by atoms with Gasteiger partial charge in [-0.05, 0) is 12.1 Å². The van der Waals surface area contributed by atoms with E-state index >= 15 is 0 Å². The fraction of sp³-hybridized carbons (Fsp3) is 0.300. The molecule has 0 saturated carbocycles. The van der Waals surface area contributed by atoms with Crippen molar-refractivity contribution < 1.29 is 8.42 Å². The molecule has 2 aromatic heterocycles. The van der Waals surface area contributed by atoms with Crippen molar-refractivity contribution in [3.63, 3.8) is 0 Å². The van der Waals surface area contributed by atoms with Gasteiger partial charge in [0.2, 0.25) is 0 Å². The number of aromatic nitrogens is 4. The molecule has 0 aliphatic carbocycles. The van der Waals surface area contributed by atoms with Crippen molar-refractivity contribution in [2.24, 2.45) is 0 Å². The van der Waals surface area contributed by atoms with E-state index in [-0.39, 0.29) is 4.90 Å². The Balaban J connectivity index is 2.06. The standard InChI is InChI=1S/C10H13N5O2S/c1-18(16,17)8-3-2-5-11-10(8)12-6-4-9-13-7-14-15-9/h2-3,5,7H,4,6H2,1H3,(H,11,12)(H,13,14,15). The van der Waals surface area contributed by atoms with Gasteiger partial charge in [0.05, 0.1) is 0 Å². The first-order valence-corrected chi connectivity index (χ1v) is 7.19. The van der Waals surface area contributed by atoms with Crippen molar-refractivity contribution in [3.8, 4) is 0 Å². The molecular weight excluding hydrogens is 254 g/mol. The maximum atomic E-state index is 11.5. The van der Waals surface area contributed by atoms with Crippen LogP contribution in [0.5, 0.6) is 0 Å². The van der Waals surface area contributed by atoms with Crippen LogP contribution in [0.2, 0.25) is 0 Å². The first-order chi connectivity index (χ1) is 8.57. The number of hydrogen-bond acceptors (Lipinski definition) is 6. The highest BCUT2D eigenvalue weighted by molar-refractivity contribution is 7.90. The van der Waals surface area contributed by atoms with Crippen molar-refractivity contribution in [1.82, 2.24) is 20.2 Å². The largest absolute Gasteiger partial charge is 0.369 e. The van der Waals surface area contributed by atoms with Crippen molar-refractivity contribution in [1.29, 1.82) is 0 Å². The average molecular weight is 267 g/mol. The van der Waals surface area contributed by atoms with E-state index in [1.54, 1.807) is 12.3 Å². The second-order valence-electron chi connectivity index (χ2n) is 3.73. The van der Waals surface area contributed by atoms with Crippen LogP contribution in [0.4, 0.5) is 5.82 Å². The minimum atomic E-state index is -3.28. The molecule has 0 aromatic carbocycles. The lowest BCUT2D eigenvalue weighted by Gasteiger charge is -2.08. The Labute approximate surface area is 105 Å². The summed E-state index contributed by atoms with van der Waals surface area (Å²) in [6, 6.07) is 3.12. The lowest BCUT2D eigenvalue weighted by Crippen LogP contribution is -2.11. The Bertz CT molecular complexity index is 609. The molecular formula is C10H13N5O2S. The summed E-state index contributed by atoms with van der Waals surface area (Å²) in [7, 11) is -3.28. The van der Waals surface area contributed by atoms with Gasteiger partial charge in [-0.25, -0.2) is 18.4 Å². The quantitative estimate of drug-likeness (QED) is 0.805.